The molecular weight excluding hydrogens is 318 g/mol. The minimum Gasteiger partial charge on any atom is -0.492 e. The zero-order chi connectivity index (χ0) is 17.6. The molecule has 2 fully saturated rings. The van der Waals surface area contributed by atoms with Crippen molar-refractivity contribution in [2.24, 2.45) is 5.73 Å². The van der Waals surface area contributed by atoms with E-state index in [-0.39, 0.29) is 12.0 Å². The molecule has 0 aliphatic carbocycles. The lowest BCUT2D eigenvalue weighted by Gasteiger charge is -2.17. The lowest BCUT2D eigenvalue weighted by atomic mass is 10.1. The van der Waals surface area contributed by atoms with E-state index in [1.54, 1.807) is 0 Å². The van der Waals surface area contributed by atoms with Gasteiger partial charge >= 0.3 is 0 Å². The fraction of sp³-hybridized carbons (Fsp3) is 0.632. The van der Waals surface area contributed by atoms with E-state index in [0.717, 1.165) is 36.4 Å². The number of carbonyl (C=O) groups is 1. The molecule has 2 saturated heterocycles. The van der Waals surface area contributed by atoms with Crippen molar-refractivity contribution in [3.63, 3.8) is 0 Å². The molecule has 0 bridgehead atoms. The molecule has 0 unspecified atom stereocenters. The Kier molecular flexibility index (Phi) is 6.29. The Labute approximate surface area is 149 Å². The normalized spacial score (nSPS) is 23.8. The number of nitrogens with two attached hydrogens (primary N) is 1. The molecule has 0 saturated carbocycles. The third-order valence-electron chi connectivity index (χ3n) is 4.97. The third-order valence-corrected chi connectivity index (χ3v) is 4.97. The first-order valence-corrected chi connectivity index (χ1v) is 9.28. The number of hydrogen-bond acceptors (Lipinski definition) is 5. The van der Waals surface area contributed by atoms with Crippen LogP contribution in [0.15, 0.2) is 18.2 Å². The quantitative estimate of drug-likeness (QED) is 0.788. The highest BCUT2D eigenvalue weighted by atomic mass is 16.5. The highest BCUT2D eigenvalue weighted by Gasteiger charge is 2.29. The summed E-state index contributed by atoms with van der Waals surface area (Å²) >= 11 is 0. The number of nitrogens with zero attached hydrogens (tertiary/aromatic N) is 1. The van der Waals surface area contributed by atoms with Gasteiger partial charge in [-0.2, -0.15) is 0 Å². The van der Waals surface area contributed by atoms with Gasteiger partial charge in [-0.3, -0.25) is 9.69 Å². The summed E-state index contributed by atoms with van der Waals surface area (Å²) in [7, 11) is 0. The van der Waals surface area contributed by atoms with Gasteiger partial charge in [0.05, 0.1) is 6.10 Å². The van der Waals surface area contributed by atoms with Gasteiger partial charge in [0.1, 0.15) is 18.5 Å². The minimum absolute atomic E-state index is 0.00358. The van der Waals surface area contributed by atoms with Crippen molar-refractivity contribution >= 4 is 11.6 Å². The average Bonchev–Trinajstić information content (AvgIpc) is 3.28. The van der Waals surface area contributed by atoms with Crippen molar-refractivity contribution in [1.82, 2.24) is 4.90 Å². The van der Waals surface area contributed by atoms with E-state index in [2.05, 4.69) is 10.2 Å². The van der Waals surface area contributed by atoms with Gasteiger partial charge in [0.15, 0.2) is 0 Å². The molecule has 2 heterocycles. The van der Waals surface area contributed by atoms with Crippen LogP contribution in [0.5, 0.6) is 5.75 Å². The molecule has 1 amide bonds. The van der Waals surface area contributed by atoms with Gasteiger partial charge in [0.25, 0.3) is 5.91 Å². The number of benzene rings is 1. The summed E-state index contributed by atoms with van der Waals surface area (Å²) in [6, 6.07) is 5.75. The first-order valence-electron chi connectivity index (χ1n) is 9.28. The maximum Gasteiger partial charge on any atom is 0.253 e. The van der Waals surface area contributed by atoms with Gasteiger partial charge in [-0.1, -0.05) is 0 Å². The maximum atomic E-state index is 12.3. The summed E-state index contributed by atoms with van der Waals surface area (Å²) in [5.41, 5.74) is 7.38. The summed E-state index contributed by atoms with van der Waals surface area (Å²) < 4.78 is 11.5. The second-order valence-electron chi connectivity index (χ2n) is 6.93. The Morgan fingerprint density at radius 3 is 2.84 bits per heavy atom. The molecule has 3 rings (SSSR count). The highest BCUT2D eigenvalue weighted by Crippen LogP contribution is 2.24. The molecule has 6 nitrogen and oxygen atoms in total. The number of ether oxygens (including phenoxy) is 2. The molecule has 0 spiro atoms. The Bertz CT molecular complexity index is 587. The van der Waals surface area contributed by atoms with Crippen LogP contribution in [0.2, 0.25) is 0 Å². The molecule has 138 valence electrons. The summed E-state index contributed by atoms with van der Waals surface area (Å²) in [4.78, 5) is 14.7. The maximum absolute atomic E-state index is 12.3. The molecule has 2 aliphatic rings. The van der Waals surface area contributed by atoms with Crippen LogP contribution in [-0.2, 0) is 9.53 Å². The van der Waals surface area contributed by atoms with Crippen molar-refractivity contribution in [3.8, 4) is 5.75 Å². The molecule has 25 heavy (non-hydrogen) atoms. The van der Waals surface area contributed by atoms with Crippen LogP contribution in [0, 0.1) is 6.92 Å². The number of hydrogen-bond donors (Lipinski definition) is 2. The second kappa shape index (κ2) is 8.65. The molecule has 0 radical (unpaired) electrons. The SMILES string of the molecule is Cc1cc(NC(=O)[C@@H]2CC[C@H](CN)O2)ccc1OCCN1CCCC1. The lowest BCUT2D eigenvalue weighted by Crippen LogP contribution is -2.29. The van der Waals surface area contributed by atoms with Crippen molar-refractivity contribution in [1.29, 1.82) is 0 Å². The first kappa shape index (κ1) is 18.2. The van der Waals surface area contributed by atoms with Gasteiger partial charge in [0.2, 0.25) is 0 Å². The number of nitrogens with one attached hydrogen (secondary N) is 1. The summed E-state index contributed by atoms with van der Waals surface area (Å²) in [6.07, 6.45) is 3.77. The van der Waals surface area contributed by atoms with E-state index >= 15 is 0 Å². The van der Waals surface area contributed by atoms with E-state index in [1.165, 1.54) is 25.9 Å². The number of anilines is 1. The number of likely N-dealkylation sites (tertiary alicyclic amines) is 1. The molecule has 0 aromatic heterocycles. The van der Waals surface area contributed by atoms with Crippen molar-refractivity contribution < 1.29 is 14.3 Å². The molecule has 3 N–H and O–H groups in total. The standard InChI is InChI=1S/C19H29N3O3/c1-14-12-15(21-19(23)18-7-5-16(13-20)25-18)4-6-17(14)24-11-10-22-8-2-3-9-22/h4,6,12,16,18H,2-3,5,7-11,13,20H2,1H3,(H,21,23)/t16-,18+/m1/s1. The van der Waals surface area contributed by atoms with E-state index < -0.39 is 6.10 Å². The van der Waals surface area contributed by atoms with Gasteiger partial charge in [-0.05, 0) is 69.5 Å². The number of carbonyl (C=O) groups excluding carboxylic acids is 1. The lowest BCUT2D eigenvalue weighted by molar-refractivity contribution is -0.126. The van der Waals surface area contributed by atoms with E-state index in [4.69, 9.17) is 15.2 Å². The smallest absolute Gasteiger partial charge is 0.253 e. The Morgan fingerprint density at radius 2 is 2.16 bits per heavy atom. The van der Waals surface area contributed by atoms with Gasteiger partial charge < -0.3 is 20.5 Å². The average molecular weight is 347 g/mol. The van der Waals surface area contributed by atoms with Crippen molar-refractivity contribution in [2.75, 3.05) is 38.1 Å². The number of rotatable bonds is 7. The van der Waals surface area contributed by atoms with Crippen LogP contribution in [0.4, 0.5) is 5.69 Å². The van der Waals surface area contributed by atoms with Crippen LogP contribution in [0.1, 0.15) is 31.2 Å². The van der Waals surface area contributed by atoms with Crippen LogP contribution < -0.4 is 15.8 Å². The summed E-state index contributed by atoms with van der Waals surface area (Å²) in [6.45, 7) is 6.50. The molecule has 1 aromatic rings. The second-order valence-corrected chi connectivity index (χ2v) is 6.93. The van der Waals surface area contributed by atoms with Crippen LogP contribution in [-0.4, -0.2) is 55.8 Å². The molecule has 2 atom stereocenters. The monoisotopic (exact) mass is 347 g/mol. The van der Waals surface area contributed by atoms with Gasteiger partial charge in [-0.15, -0.1) is 0 Å². The van der Waals surface area contributed by atoms with Gasteiger partial charge in [-0.25, -0.2) is 0 Å². The third kappa shape index (κ3) is 4.93. The number of amides is 1. The van der Waals surface area contributed by atoms with Gasteiger partial charge in [0, 0.05) is 18.8 Å². The largest absolute Gasteiger partial charge is 0.492 e. The van der Waals surface area contributed by atoms with E-state index in [0.29, 0.717) is 13.2 Å². The predicted octanol–water partition coefficient (Wildman–Crippen LogP) is 1.91. The molecule has 2 aliphatic heterocycles. The fourth-order valence-corrected chi connectivity index (χ4v) is 3.47. The van der Waals surface area contributed by atoms with E-state index in [9.17, 15) is 4.79 Å². The Hall–Kier alpha value is -1.63. The predicted molar refractivity (Wildman–Crippen MR) is 97.9 cm³/mol. The topological polar surface area (TPSA) is 76.8 Å². The van der Waals surface area contributed by atoms with Crippen molar-refractivity contribution in [2.45, 2.75) is 44.8 Å². The molecular formula is C19H29N3O3. The van der Waals surface area contributed by atoms with Crippen molar-refractivity contribution in [3.05, 3.63) is 23.8 Å². The minimum atomic E-state index is -0.398. The zero-order valence-corrected chi connectivity index (χ0v) is 15.0. The van der Waals surface area contributed by atoms with Crippen LogP contribution >= 0.6 is 0 Å². The molecule has 6 heteroatoms. The number of aryl methyl sites for hydroxylation is 1. The first-order chi connectivity index (χ1) is 12.2. The Balaban J connectivity index is 1.48. The molecule has 1 aromatic carbocycles. The van der Waals surface area contributed by atoms with Crippen LogP contribution in [0.3, 0.4) is 0 Å². The fourth-order valence-electron chi connectivity index (χ4n) is 3.47. The summed E-state index contributed by atoms with van der Waals surface area (Å²) in [5.74, 6) is 0.774. The van der Waals surface area contributed by atoms with E-state index in [1.807, 2.05) is 25.1 Å². The van der Waals surface area contributed by atoms with Crippen LogP contribution in [0.25, 0.3) is 0 Å². The summed E-state index contributed by atoms with van der Waals surface area (Å²) in [5, 5.41) is 2.93. The highest BCUT2D eigenvalue weighted by molar-refractivity contribution is 5.94. The zero-order valence-electron chi connectivity index (χ0n) is 15.0. The Morgan fingerprint density at radius 1 is 1.36 bits per heavy atom.